The average molecular weight is 405 g/mol. The molecule has 1 amide bonds. The van der Waals surface area contributed by atoms with Crippen molar-refractivity contribution < 1.29 is 14.3 Å². The number of aromatic nitrogens is 2. The molecule has 0 unspecified atom stereocenters. The van der Waals surface area contributed by atoms with E-state index in [2.05, 4.69) is 5.10 Å². The molecule has 0 N–H and O–H groups in total. The van der Waals surface area contributed by atoms with Crippen LogP contribution in [0.3, 0.4) is 0 Å². The number of esters is 1. The molecule has 1 heterocycles. The molecule has 3 aromatic rings. The van der Waals surface area contributed by atoms with Crippen LogP contribution < -0.4 is 0 Å². The summed E-state index contributed by atoms with van der Waals surface area (Å²) in [6, 6.07) is 18.5. The van der Waals surface area contributed by atoms with Crippen molar-refractivity contribution in [3.63, 3.8) is 0 Å². The molecular formula is C24H27N3O3. The lowest BCUT2D eigenvalue weighted by molar-refractivity contribution is -0.145. The highest BCUT2D eigenvalue weighted by atomic mass is 16.5. The maximum absolute atomic E-state index is 13.1. The van der Waals surface area contributed by atoms with Crippen LogP contribution in [0.15, 0.2) is 73.1 Å². The van der Waals surface area contributed by atoms with E-state index in [4.69, 9.17) is 4.74 Å². The SMILES string of the molecule is C[C@H](OC(=O)c1ccc(-n2cccn2)cc1)C(=O)N(Cc1ccccc1)C(C)(C)C. The fourth-order valence-electron chi connectivity index (χ4n) is 3.08. The molecule has 0 saturated heterocycles. The van der Waals surface area contributed by atoms with E-state index in [0.29, 0.717) is 12.1 Å². The lowest BCUT2D eigenvalue weighted by Gasteiger charge is -2.37. The Balaban J connectivity index is 1.68. The molecule has 30 heavy (non-hydrogen) atoms. The zero-order valence-electron chi connectivity index (χ0n) is 17.8. The fourth-order valence-corrected chi connectivity index (χ4v) is 3.08. The van der Waals surface area contributed by atoms with Gasteiger partial charge in [0.05, 0.1) is 11.3 Å². The summed E-state index contributed by atoms with van der Waals surface area (Å²) >= 11 is 0. The van der Waals surface area contributed by atoms with E-state index in [-0.39, 0.29) is 5.91 Å². The van der Waals surface area contributed by atoms with E-state index in [9.17, 15) is 9.59 Å². The van der Waals surface area contributed by atoms with Gasteiger partial charge in [-0.25, -0.2) is 9.48 Å². The zero-order valence-corrected chi connectivity index (χ0v) is 17.8. The van der Waals surface area contributed by atoms with Crippen LogP contribution in [0.25, 0.3) is 5.69 Å². The summed E-state index contributed by atoms with van der Waals surface area (Å²) in [6.07, 6.45) is 2.61. The molecule has 0 aliphatic carbocycles. The van der Waals surface area contributed by atoms with E-state index in [1.54, 1.807) is 47.0 Å². The summed E-state index contributed by atoms with van der Waals surface area (Å²) in [5.74, 6) is -0.760. The Labute approximate surface area is 177 Å². The minimum absolute atomic E-state index is 0.229. The molecule has 2 aromatic carbocycles. The van der Waals surface area contributed by atoms with Crippen LogP contribution >= 0.6 is 0 Å². The van der Waals surface area contributed by atoms with Gasteiger partial charge in [-0.3, -0.25) is 4.79 Å². The predicted molar refractivity (Wildman–Crippen MR) is 115 cm³/mol. The van der Waals surface area contributed by atoms with Gasteiger partial charge in [0.25, 0.3) is 5.91 Å². The van der Waals surface area contributed by atoms with Gasteiger partial charge < -0.3 is 9.64 Å². The third kappa shape index (κ3) is 5.14. The Bertz CT molecular complexity index is 975. The second-order valence-corrected chi connectivity index (χ2v) is 8.13. The molecule has 0 fully saturated rings. The number of carbonyl (C=O) groups is 2. The molecule has 1 atom stereocenters. The van der Waals surface area contributed by atoms with Gasteiger partial charge in [-0.2, -0.15) is 5.10 Å². The van der Waals surface area contributed by atoms with E-state index >= 15 is 0 Å². The summed E-state index contributed by atoms with van der Waals surface area (Å²) < 4.78 is 7.19. The minimum Gasteiger partial charge on any atom is -0.449 e. The highest BCUT2D eigenvalue weighted by molar-refractivity contribution is 5.92. The highest BCUT2D eigenvalue weighted by Crippen LogP contribution is 2.20. The van der Waals surface area contributed by atoms with Crippen molar-refractivity contribution in [3.05, 3.63) is 84.2 Å². The molecule has 1 aromatic heterocycles. The van der Waals surface area contributed by atoms with Gasteiger partial charge in [0.1, 0.15) is 0 Å². The smallest absolute Gasteiger partial charge is 0.338 e. The fraction of sp³-hybridized carbons (Fsp3) is 0.292. The Morgan fingerprint density at radius 1 is 1.03 bits per heavy atom. The van der Waals surface area contributed by atoms with Crippen LogP contribution in [0.2, 0.25) is 0 Å². The van der Waals surface area contributed by atoms with Crippen molar-refractivity contribution in [1.29, 1.82) is 0 Å². The number of hydrogen-bond donors (Lipinski definition) is 0. The molecule has 6 nitrogen and oxygen atoms in total. The van der Waals surface area contributed by atoms with E-state index in [0.717, 1.165) is 11.3 Å². The average Bonchev–Trinajstić information content (AvgIpc) is 3.26. The van der Waals surface area contributed by atoms with Crippen molar-refractivity contribution in [2.75, 3.05) is 0 Å². The molecule has 0 aliphatic rings. The van der Waals surface area contributed by atoms with Crippen LogP contribution in [-0.4, -0.2) is 38.2 Å². The van der Waals surface area contributed by atoms with Gasteiger partial charge in [0.2, 0.25) is 0 Å². The Morgan fingerprint density at radius 3 is 2.27 bits per heavy atom. The maximum Gasteiger partial charge on any atom is 0.338 e. The van der Waals surface area contributed by atoms with Crippen molar-refractivity contribution >= 4 is 11.9 Å². The first-order chi connectivity index (χ1) is 14.3. The van der Waals surface area contributed by atoms with Gasteiger partial charge in [-0.05, 0) is 63.6 Å². The van der Waals surface area contributed by atoms with Gasteiger partial charge >= 0.3 is 5.97 Å². The first-order valence-electron chi connectivity index (χ1n) is 9.92. The normalized spacial score (nSPS) is 12.3. The van der Waals surface area contributed by atoms with Gasteiger partial charge in [0, 0.05) is 24.5 Å². The predicted octanol–water partition coefficient (Wildman–Crippen LogP) is 4.24. The number of hydrogen-bond acceptors (Lipinski definition) is 4. The first kappa shape index (κ1) is 21.3. The summed E-state index contributed by atoms with van der Waals surface area (Å²) in [7, 11) is 0. The monoisotopic (exact) mass is 405 g/mol. The Hall–Kier alpha value is -3.41. The minimum atomic E-state index is -0.897. The number of nitrogens with zero attached hydrogens (tertiary/aromatic N) is 3. The van der Waals surface area contributed by atoms with Crippen molar-refractivity contribution in [2.24, 2.45) is 0 Å². The quantitative estimate of drug-likeness (QED) is 0.575. The molecule has 0 saturated carbocycles. The largest absolute Gasteiger partial charge is 0.449 e. The van der Waals surface area contributed by atoms with Crippen LogP contribution in [0, 0.1) is 0 Å². The van der Waals surface area contributed by atoms with Gasteiger partial charge in [-0.1, -0.05) is 30.3 Å². The van der Waals surface area contributed by atoms with Gasteiger partial charge in [-0.15, -0.1) is 0 Å². The van der Waals surface area contributed by atoms with Crippen LogP contribution in [-0.2, 0) is 16.1 Å². The van der Waals surface area contributed by atoms with Crippen LogP contribution in [0.1, 0.15) is 43.6 Å². The van der Waals surface area contributed by atoms with E-state index in [1.807, 2.05) is 63.4 Å². The number of rotatable bonds is 6. The van der Waals surface area contributed by atoms with Crippen LogP contribution in [0.4, 0.5) is 0 Å². The molecule has 0 bridgehead atoms. The third-order valence-electron chi connectivity index (χ3n) is 4.76. The van der Waals surface area contributed by atoms with Crippen molar-refractivity contribution in [2.45, 2.75) is 45.9 Å². The topological polar surface area (TPSA) is 64.4 Å². The number of amides is 1. The highest BCUT2D eigenvalue weighted by Gasteiger charge is 2.31. The molecule has 3 rings (SSSR count). The number of carbonyl (C=O) groups excluding carboxylic acids is 2. The number of benzene rings is 2. The Kier molecular flexibility index (Phi) is 6.35. The first-order valence-corrected chi connectivity index (χ1v) is 9.92. The molecule has 6 heteroatoms. The molecule has 0 radical (unpaired) electrons. The summed E-state index contributed by atoms with van der Waals surface area (Å²) in [4.78, 5) is 27.4. The zero-order chi connectivity index (χ0) is 21.7. The maximum atomic E-state index is 13.1. The van der Waals surface area contributed by atoms with Crippen molar-refractivity contribution in [3.8, 4) is 5.69 Å². The standard InChI is InChI=1S/C24H27N3O3/c1-18(22(28)26(24(2,3)4)17-19-9-6-5-7-10-19)30-23(29)20-11-13-21(14-12-20)27-16-8-15-25-27/h5-16,18H,17H2,1-4H3/t18-/m0/s1. The summed E-state index contributed by atoms with van der Waals surface area (Å²) in [6.45, 7) is 7.97. The van der Waals surface area contributed by atoms with Gasteiger partial charge in [0.15, 0.2) is 6.10 Å². The molecule has 156 valence electrons. The molecule has 0 spiro atoms. The van der Waals surface area contributed by atoms with E-state index < -0.39 is 17.6 Å². The second kappa shape index (κ2) is 8.95. The summed E-state index contributed by atoms with van der Waals surface area (Å²) in [5, 5.41) is 4.16. The van der Waals surface area contributed by atoms with E-state index in [1.165, 1.54) is 0 Å². The molecular weight excluding hydrogens is 378 g/mol. The Morgan fingerprint density at radius 2 is 1.70 bits per heavy atom. The summed E-state index contributed by atoms with van der Waals surface area (Å²) in [5.41, 5.74) is 1.82. The number of ether oxygens (including phenoxy) is 1. The van der Waals surface area contributed by atoms with Crippen molar-refractivity contribution in [1.82, 2.24) is 14.7 Å². The molecule has 0 aliphatic heterocycles. The second-order valence-electron chi connectivity index (χ2n) is 8.13. The third-order valence-corrected chi connectivity index (χ3v) is 4.76. The van der Waals surface area contributed by atoms with Crippen LogP contribution in [0.5, 0.6) is 0 Å². The lowest BCUT2D eigenvalue weighted by Crippen LogP contribution is -2.49. The lowest BCUT2D eigenvalue weighted by atomic mass is 10.0.